The monoisotopic (exact) mass is 282 g/mol. The van der Waals surface area contributed by atoms with Crippen LogP contribution in [0, 0.1) is 0 Å². The molecule has 3 N–H and O–H groups in total. The first kappa shape index (κ1) is 12.8. The van der Waals surface area contributed by atoms with Gasteiger partial charge in [-0.1, -0.05) is 0 Å². The van der Waals surface area contributed by atoms with Crippen LogP contribution in [0.15, 0.2) is 42.7 Å². The van der Waals surface area contributed by atoms with Crippen molar-refractivity contribution in [1.29, 1.82) is 0 Å². The predicted octanol–water partition coefficient (Wildman–Crippen LogP) is 1.91. The van der Waals surface area contributed by atoms with Crippen LogP contribution >= 0.6 is 0 Å². The highest BCUT2D eigenvalue weighted by molar-refractivity contribution is 6.06. The molecule has 0 unspecified atom stereocenters. The summed E-state index contributed by atoms with van der Waals surface area (Å²) in [6.07, 6.45) is 2.95. The van der Waals surface area contributed by atoms with Crippen molar-refractivity contribution in [3.8, 4) is 0 Å². The molecule has 0 aliphatic carbocycles. The number of fused-ring (bicyclic) bond motifs is 1. The van der Waals surface area contributed by atoms with E-state index in [1.165, 1.54) is 18.3 Å². The molecule has 3 rings (SSSR count). The first-order valence-electron chi connectivity index (χ1n) is 6.07. The van der Waals surface area contributed by atoms with Crippen LogP contribution in [-0.4, -0.2) is 32.2 Å². The van der Waals surface area contributed by atoms with Crippen molar-refractivity contribution < 1.29 is 14.7 Å². The van der Waals surface area contributed by atoms with Gasteiger partial charge in [0.1, 0.15) is 5.82 Å². The summed E-state index contributed by atoms with van der Waals surface area (Å²) in [5, 5.41) is 19.0. The number of aromatic nitrogens is 3. The van der Waals surface area contributed by atoms with Crippen LogP contribution in [0.3, 0.4) is 0 Å². The smallest absolute Gasteiger partial charge is 0.335 e. The third kappa shape index (κ3) is 2.57. The summed E-state index contributed by atoms with van der Waals surface area (Å²) in [4.78, 5) is 26.9. The molecule has 2 heterocycles. The van der Waals surface area contributed by atoms with Gasteiger partial charge in [0, 0.05) is 17.1 Å². The minimum absolute atomic E-state index is 0.0607. The second kappa shape index (κ2) is 5.04. The molecule has 2 aromatic heterocycles. The van der Waals surface area contributed by atoms with Gasteiger partial charge in [-0.15, -0.1) is 0 Å². The molecule has 7 nitrogen and oxygen atoms in total. The van der Waals surface area contributed by atoms with Gasteiger partial charge in [-0.05, 0) is 30.3 Å². The van der Waals surface area contributed by atoms with Crippen molar-refractivity contribution in [2.45, 2.75) is 0 Å². The van der Waals surface area contributed by atoms with Gasteiger partial charge in [0.15, 0.2) is 0 Å². The minimum atomic E-state index is -1.08. The molecule has 21 heavy (non-hydrogen) atoms. The number of nitrogens with zero attached hydrogens (tertiary/aromatic N) is 2. The number of carboxylic acid groups (broad SMARTS) is 1. The molecule has 0 aliphatic rings. The topological polar surface area (TPSA) is 108 Å². The lowest BCUT2D eigenvalue weighted by molar-refractivity contribution is 0.0696. The van der Waals surface area contributed by atoms with Crippen LogP contribution in [0.4, 0.5) is 5.82 Å². The maximum absolute atomic E-state index is 12.1. The Hall–Kier alpha value is -3.22. The molecule has 0 saturated carbocycles. The summed E-state index contributed by atoms with van der Waals surface area (Å²) >= 11 is 0. The number of anilines is 1. The van der Waals surface area contributed by atoms with E-state index in [1.54, 1.807) is 24.4 Å². The molecule has 104 valence electrons. The molecular weight excluding hydrogens is 272 g/mol. The average Bonchev–Trinajstić information content (AvgIpc) is 2.94. The SMILES string of the molecule is O=C(O)c1ccnc(NC(=O)c2ccc3[nH]ncc3c2)c1. The van der Waals surface area contributed by atoms with Gasteiger partial charge < -0.3 is 10.4 Å². The number of hydrogen-bond acceptors (Lipinski definition) is 4. The molecule has 0 fully saturated rings. The number of carboxylic acids is 1. The van der Waals surface area contributed by atoms with E-state index < -0.39 is 5.97 Å². The highest BCUT2D eigenvalue weighted by Gasteiger charge is 2.10. The lowest BCUT2D eigenvalue weighted by Crippen LogP contribution is -2.13. The standard InChI is InChI=1S/C14H10N4O3/c19-13(8-1-2-11-10(5-8)7-16-18-11)17-12-6-9(14(20)21)3-4-15-12/h1-7H,(H,16,18)(H,20,21)(H,15,17,19). The second-order valence-corrected chi connectivity index (χ2v) is 4.36. The van der Waals surface area contributed by atoms with Crippen LogP contribution in [0.25, 0.3) is 10.9 Å². The molecule has 1 amide bonds. The largest absolute Gasteiger partial charge is 0.478 e. The molecule has 0 aliphatic heterocycles. The molecule has 0 saturated heterocycles. The first-order chi connectivity index (χ1) is 10.1. The molecule has 0 bridgehead atoms. The van der Waals surface area contributed by atoms with Gasteiger partial charge in [-0.2, -0.15) is 5.10 Å². The number of carbonyl (C=O) groups is 2. The molecule has 0 atom stereocenters. The van der Waals surface area contributed by atoms with Crippen LogP contribution in [-0.2, 0) is 0 Å². The summed E-state index contributed by atoms with van der Waals surface area (Å²) in [5.74, 6) is -1.26. The fourth-order valence-corrected chi connectivity index (χ4v) is 1.90. The quantitative estimate of drug-likeness (QED) is 0.680. The number of rotatable bonds is 3. The number of amides is 1. The average molecular weight is 282 g/mol. The Morgan fingerprint density at radius 1 is 1.14 bits per heavy atom. The van der Waals surface area contributed by atoms with E-state index in [9.17, 15) is 9.59 Å². The fourth-order valence-electron chi connectivity index (χ4n) is 1.90. The van der Waals surface area contributed by atoms with Gasteiger partial charge in [-0.25, -0.2) is 9.78 Å². The van der Waals surface area contributed by atoms with E-state index in [0.29, 0.717) is 5.56 Å². The lowest BCUT2D eigenvalue weighted by atomic mass is 10.1. The maximum Gasteiger partial charge on any atom is 0.335 e. The molecular formula is C14H10N4O3. The Morgan fingerprint density at radius 2 is 2.00 bits per heavy atom. The minimum Gasteiger partial charge on any atom is -0.478 e. The van der Waals surface area contributed by atoms with E-state index in [0.717, 1.165) is 10.9 Å². The Morgan fingerprint density at radius 3 is 2.81 bits per heavy atom. The van der Waals surface area contributed by atoms with Crippen LogP contribution in [0.1, 0.15) is 20.7 Å². The molecule has 1 aromatic carbocycles. The summed E-state index contributed by atoms with van der Waals surface area (Å²) in [6, 6.07) is 7.75. The fraction of sp³-hybridized carbons (Fsp3) is 0. The summed E-state index contributed by atoms with van der Waals surface area (Å²) in [6.45, 7) is 0. The zero-order valence-corrected chi connectivity index (χ0v) is 10.7. The van der Waals surface area contributed by atoms with Gasteiger partial charge >= 0.3 is 5.97 Å². The number of hydrogen-bond donors (Lipinski definition) is 3. The number of aromatic carboxylic acids is 1. The predicted molar refractivity (Wildman–Crippen MR) is 75.2 cm³/mol. The number of pyridine rings is 1. The number of aromatic amines is 1. The Labute approximate surface area is 118 Å². The zero-order chi connectivity index (χ0) is 14.8. The Bertz CT molecular complexity index is 841. The van der Waals surface area contributed by atoms with Crippen LogP contribution < -0.4 is 5.32 Å². The van der Waals surface area contributed by atoms with Crippen LogP contribution in [0.2, 0.25) is 0 Å². The molecule has 0 spiro atoms. The van der Waals surface area contributed by atoms with Crippen molar-refractivity contribution in [1.82, 2.24) is 15.2 Å². The second-order valence-electron chi connectivity index (χ2n) is 4.36. The van der Waals surface area contributed by atoms with E-state index in [2.05, 4.69) is 20.5 Å². The van der Waals surface area contributed by atoms with E-state index in [4.69, 9.17) is 5.11 Å². The Balaban J connectivity index is 1.85. The lowest BCUT2D eigenvalue weighted by Gasteiger charge is -2.05. The van der Waals surface area contributed by atoms with Crippen LogP contribution in [0.5, 0.6) is 0 Å². The molecule has 0 radical (unpaired) electrons. The Kier molecular flexibility index (Phi) is 3.07. The summed E-state index contributed by atoms with van der Waals surface area (Å²) in [5.41, 5.74) is 1.33. The number of H-pyrrole nitrogens is 1. The van der Waals surface area contributed by atoms with Crippen molar-refractivity contribution in [3.05, 3.63) is 53.9 Å². The highest BCUT2D eigenvalue weighted by Crippen LogP contribution is 2.14. The molecule has 3 aromatic rings. The van der Waals surface area contributed by atoms with Gasteiger partial charge in [0.2, 0.25) is 0 Å². The van der Waals surface area contributed by atoms with Gasteiger partial charge in [0.05, 0.1) is 17.3 Å². The zero-order valence-electron chi connectivity index (χ0n) is 10.7. The van der Waals surface area contributed by atoms with Crippen molar-refractivity contribution >= 4 is 28.6 Å². The molecule has 7 heteroatoms. The first-order valence-corrected chi connectivity index (χ1v) is 6.07. The number of nitrogens with one attached hydrogen (secondary N) is 2. The van der Waals surface area contributed by atoms with Gasteiger partial charge in [0.25, 0.3) is 5.91 Å². The van der Waals surface area contributed by atoms with Crippen molar-refractivity contribution in [2.24, 2.45) is 0 Å². The van der Waals surface area contributed by atoms with E-state index in [1.807, 2.05) is 0 Å². The third-order valence-electron chi connectivity index (χ3n) is 2.95. The number of benzene rings is 1. The maximum atomic E-state index is 12.1. The number of carbonyl (C=O) groups excluding carboxylic acids is 1. The normalized spacial score (nSPS) is 10.5. The van der Waals surface area contributed by atoms with E-state index in [-0.39, 0.29) is 17.3 Å². The van der Waals surface area contributed by atoms with Gasteiger partial charge in [-0.3, -0.25) is 9.89 Å². The highest BCUT2D eigenvalue weighted by atomic mass is 16.4. The van der Waals surface area contributed by atoms with E-state index >= 15 is 0 Å². The third-order valence-corrected chi connectivity index (χ3v) is 2.95. The van der Waals surface area contributed by atoms with Crippen molar-refractivity contribution in [2.75, 3.05) is 5.32 Å². The summed E-state index contributed by atoms with van der Waals surface area (Å²) < 4.78 is 0. The summed E-state index contributed by atoms with van der Waals surface area (Å²) in [7, 11) is 0. The van der Waals surface area contributed by atoms with Crippen molar-refractivity contribution in [3.63, 3.8) is 0 Å².